The zero-order valence-electron chi connectivity index (χ0n) is 28.3. The van der Waals surface area contributed by atoms with Gasteiger partial charge in [0, 0.05) is 53.7 Å². The number of fused-ring (bicyclic) bond motifs is 10. The monoisotopic (exact) mass is 696 g/mol. The first kappa shape index (κ1) is 29.7. The van der Waals surface area contributed by atoms with Crippen LogP contribution in [0.5, 0.6) is 0 Å². The van der Waals surface area contributed by atoms with Crippen molar-refractivity contribution < 1.29 is 0 Å². The molecule has 0 amide bonds. The summed E-state index contributed by atoms with van der Waals surface area (Å²) in [6.07, 6.45) is 0. The molecule has 10 aromatic rings. The van der Waals surface area contributed by atoms with Gasteiger partial charge in [0.15, 0.2) is 17.5 Å². The van der Waals surface area contributed by atoms with E-state index >= 15 is 0 Å². The molecule has 1 aliphatic heterocycles. The van der Waals surface area contributed by atoms with E-state index in [1.165, 1.54) is 14.8 Å². The standard InChI is InChI=1S/C46H28N6S/c1-2-14-29(15-3-1)43-48-44(50-45(49-43)35-21-13-27-41-42(35)34-20-6-11-26-40(34)53-41)30-16-12-17-31(28-30)51-37-23-8-4-18-32(37)33-19-5-9-24-38(33)52-39-25-10-7-22-36(39)47-46(51)52/h1-28H. The summed E-state index contributed by atoms with van der Waals surface area (Å²) in [5.41, 5.74) is 10.2. The SMILES string of the molecule is c1ccc(-c2nc(-c3cccc(N4c5ccccc5-c5ccccc5-n5c4nc4ccccc45)c3)nc(-c3cccc4sc5ccccc5c34)n2)cc1. The third kappa shape index (κ3) is 4.71. The highest BCUT2D eigenvalue weighted by Gasteiger charge is 2.29. The van der Waals surface area contributed by atoms with Crippen LogP contribution in [-0.4, -0.2) is 24.5 Å². The van der Waals surface area contributed by atoms with Crippen molar-refractivity contribution in [3.8, 4) is 51.0 Å². The first-order valence-electron chi connectivity index (χ1n) is 17.6. The smallest absolute Gasteiger partial charge is 0.220 e. The molecule has 6 nitrogen and oxygen atoms in total. The Bertz CT molecular complexity index is 3040. The van der Waals surface area contributed by atoms with Crippen LogP contribution in [0.25, 0.3) is 82.2 Å². The van der Waals surface area contributed by atoms with Gasteiger partial charge in [-0.15, -0.1) is 11.3 Å². The fourth-order valence-corrected chi connectivity index (χ4v) is 8.77. The van der Waals surface area contributed by atoms with Gasteiger partial charge < -0.3 is 0 Å². The Hall–Kier alpha value is -6.96. The first-order valence-corrected chi connectivity index (χ1v) is 18.4. The largest absolute Gasteiger partial charge is 0.280 e. The molecule has 0 N–H and O–H groups in total. The van der Waals surface area contributed by atoms with Crippen LogP contribution in [0.3, 0.4) is 0 Å². The number of rotatable bonds is 4. The highest BCUT2D eigenvalue weighted by atomic mass is 32.1. The predicted octanol–water partition coefficient (Wildman–Crippen LogP) is 12.0. The number of nitrogens with zero attached hydrogens (tertiary/aromatic N) is 6. The third-order valence-electron chi connectivity index (χ3n) is 10.00. The molecular formula is C46H28N6S. The van der Waals surface area contributed by atoms with E-state index < -0.39 is 0 Å². The molecule has 7 aromatic carbocycles. The van der Waals surface area contributed by atoms with Crippen molar-refractivity contribution >= 4 is 59.9 Å². The number of aromatic nitrogens is 5. The fraction of sp³-hybridized carbons (Fsp3) is 0. The topological polar surface area (TPSA) is 59.7 Å². The zero-order valence-corrected chi connectivity index (χ0v) is 29.1. The van der Waals surface area contributed by atoms with Crippen molar-refractivity contribution in [3.05, 3.63) is 170 Å². The summed E-state index contributed by atoms with van der Waals surface area (Å²) in [6.45, 7) is 0. The molecule has 0 spiro atoms. The van der Waals surface area contributed by atoms with Gasteiger partial charge in [-0.05, 0) is 48.5 Å². The molecule has 0 saturated carbocycles. The van der Waals surface area contributed by atoms with Gasteiger partial charge in [-0.2, -0.15) is 0 Å². The van der Waals surface area contributed by atoms with Crippen LogP contribution in [0.15, 0.2) is 170 Å². The average Bonchev–Trinajstić information content (AvgIpc) is 3.77. The molecule has 11 rings (SSSR count). The summed E-state index contributed by atoms with van der Waals surface area (Å²) in [5.74, 6) is 2.70. The van der Waals surface area contributed by atoms with Gasteiger partial charge in [0.25, 0.3) is 0 Å². The molecule has 0 fully saturated rings. The van der Waals surface area contributed by atoms with E-state index in [4.69, 9.17) is 19.9 Å². The van der Waals surface area contributed by atoms with Gasteiger partial charge in [0.1, 0.15) is 0 Å². The minimum absolute atomic E-state index is 0.604. The van der Waals surface area contributed by atoms with E-state index in [9.17, 15) is 0 Å². The van der Waals surface area contributed by atoms with Crippen LogP contribution < -0.4 is 4.90 Å². The average molecular weight is 697 g/mol. The molecular weight excluding hydrogens is 669 g/mol. The summed E-state index contributed by atoms with van der Waals surface area (Å²) < 4.78 is 4.72. The molecule has 1 aliphatic rings. The van der Waals surface area contributed by atoms with Gasteiger partial charge in [-0.1, -0.05) is 121 Å². The Morgan fingerprint density at radius 2 is 1.06 bits per heavy atom. The zero-order chi connectivity index (χ0) is 34.9. The lowest BCUT2D eigenvalue weighted by Gasteiger charge is -2.25. The number of benzene rings is 7. The van der Waals surface area contributed by atoms with Crippen LogP contribution in [-0.2, 0) is 0 Å². The van der Waals surface area contributed by atoms with Crippen molar-refractivity contribution in [3.63, 3.8) is 0 Å². The van der Waals surface area contributed by atoms with Crippen molar-refractivity contribution in [1.82, 2.24) is 24.5 Å². The van der Waals surface area contributed by atoms with Gasteiger partial charge in [-0.3, -0.25) is 9.47 Å². The summed E-state index contributed by atoms with van der Waals surface area (Å²) >= 11 is 1.79. The number of hydrogen-bond donors (Lipinski definition) is 0. The maximum absolute atomic E-state index is 5.28. The van der Waals surface area contributed by atoms with Crippen LogP contribution in [0.1, 0.15) is 0 Å². The molecule has 0 bridgehead atoms. The second kappa shape index (κ2) is 11.8. The minimum Gasteiger partial charge on any atom is -0.280 e. The fourth-order valence-electron chi connectivity index (χ4n) is 7.64. The summed E-state index contributed by atoms with van der Waals surface area (Å²) in [5, 5.41) is 2.37. The lowest BCUT2D eigenvalue weighted by atomic mass is 10.0. The van der Waals surface area contributed by atoms with E-state index in [1.807, 2.05) is 24.3 Å². The maximum atomic E-state index is 5.28. The molecule has 3 aromatic heterocycles. The molecule has 0 aliphatic carbocycles. The second-order valence-corrected chi connectivity index (χ2v) is 14.2. The first-order chi connectivity index (χ1) is 26.3. The number of thiophene rings is 1. The van der Waals surface area contributed by atoms with Crippen LogP contribution in [0.2, 0.25) is 0 Å². The van der Waals surface area contributed by atoms with E-state index in [1.54, 1.807) is 11.3 Å². The van der Waals surface area contributed by atoms with E-state index in [2.05, 4.69) is 155 Å². The molecule has 0 unspecified atom stereocenters. The summed E-state index contributed by atoms with van der Waals surface area (Å²) in [6, 6.07) is 59.1. The number of hydrogen-bond acceptors (Lipinski definition) is 6. The Labute approximate surface area is 309 Å². The summed E-state index contributed by atoms with van der Waals surface area (Å²) in [7, 11) is 0. The lowest BCUT2D eigenvalue weighted by molar-refractivity contribution is 1.05. The molecule has 248 valence electrons. The lowest BCUT2D eigenvalue weighted by Crippen LogP contribution is -2.14. The Balaban J connectivity index is 1.14. The number of imidazole rings is 1. The maximum Gasteiger partial charge on any atom is 0.220 e. The van der Waals surface area contributed by atoms with Gasteiger partial charge in [-0.25, -0.2) is 19.9 Å². The van der Waals surface area contributed by atoms with E-state index in [-0.39, 0.29) is 0 Å². The Morgan fingerprint density at radius 3 is 1.94 bits per heavy atom. The molecule has 0 saturated heterocycles. The number of para-hydroxylation sites is 4. The quantitative estimate of drug-likeness (QED) is 0.183. The van der Waals surface area contributed by atoms with E-state index in [0.717, 1.165) is 67.2 Å². The van der Waals surface area contributed by atoms with Crippen LogP contribution >= 0.6 is 11.3 Å². The van der Waals surface area contributed by atoms with Crippen molar-refractivity contribution in [2.24, 2.45) is 0 Å². The van der Waals surface area contributed by atoms with Crippen molar-refractivity contribution in [2.45, 2.75) is 0 Å². The predicted molar refractivity (Wildman–Crippen MR) is 217 cm³/mol. The molecule has 4 heterocycles. The Kier molecular flexibility index (Phi) is 6.62. The van der Waals surface area contributed by atoms with Crippen molar-refractivity contribution in [2.75, 3.05) is 4.90 Å². The molecule has 53 heavy (non-hydrogen) atoms. The minimum atomic E-state index is 0.604. The third-order valence-corrected chi connectivity index (χ3v) is 11.1. The Morgan fingerprint density at radius 1 is 0.434 bits per heavy atom. The van der Waals surface area contributed by atoms with Crippen LogP contribution in [0, 0.1) is 0 Å². The van der Waals surface area contributed by atoms with Gasteiger partial charge in [0.2, 0.25) is 5.95 Å². The van der Waals surface area contributed by atoms with Gasteiger partial charge >= 0.3 is 0 Å². The van der Waals surface area contributed by atoms with Crippen molar-refractivity contribution in [1.29, 1.82) is 0 Å². The highest BCUT2D eigenvalue weighted by Crippen LogP contribution is 2.48. The second-order valence-electron chi connectivity index (χ2n) is 13.1. The molecule has 0 radical (unpaired) electrons. The van der Waals surface area contributed by atoms with Gasteiger partial charge in [0.05, 0.1) is 22.4 Å². The van der Waals surface area contributed by atoms with Crippen LogP contribution in [0.4, 0.5) is 17.3 Å². The van der Waals surface area contributed by atoms with E-state index in [0.29, 0.717) is 17.5 Å². The number of anilines is 3. The molecule has 0 atom stereocenters. The summed E-state index contributed by atoms with van der Waals surface area (Å²) in [4.78, 5) is 23.0. The highest BCUT2D eigenvalue weighted by molar-refractivity contribution is 7.25. The normalized spacial score (nSPS) is 12.1. The molecule has 7 heteroatoms.